The van der Waals surface area contributed by atoms with Crippen molar-refractivity contribution in [2.75, 3.05) is 6.54 Å². The first kappa shape index (κ1) is 30.1. The summed E-state index contributed by atoms with van der Waals surface area (Å²) in [4.78, 5) is 49.2. The molecule has 0 saturated carbocycles. The molecule has 5 N–H and O–H groups in total. The Kier molecular flexibility index (Phi) is 13.2. The van der Waals surface area contributed by atoms with E-state index in [1.165, 1.54) is 0 Å². The van der Waals surface area contributed by atoms with E-state index in [0.717, 1.165) is 11.1 Å². The number of hydrogen-bond donors (Lipinski definition) is 4. The van der Waals surface area contributed by atoms with Gasteiger partial charge in [0.15, 0.2) is 0 Å². The number of alkyl carbamates (subject to hydrolysis) is 2. The Balaban J connectivity index is 1.85. The molecular formula is C28H38N4O6. The molecule has 0 aliphatic rings. The van der Waals surface area contributed by atoms with Crippen LogP contribution in [0.5, 0.6) is 0 Å². The first-order valence-electron chi connectivity index (χ1n) is 12.8. The van der Waals surface area contributed by atoms with Gasteiger partial charge in [-0.05, 0) is 36.3 Å². The lowest BCUT2D eigenvalue weighted by Gasteiger charge is -2.25. The number of ether oxygens (including phenoxy) is 2. The zero-order valence-electron chi connectivity index (χ0n) is 22.0. The highest BCUT2D eigenvalue weighted by molar-refractivity contribution is 5.90. The molecule has 2 rings (SSSR count). The molecule has 0 radical (unpaired) electrons. The van der Waals surface area contributed by atoms with E-state index in [1.807, 2.05) is 74.5 Å². The van der Waals surface area contributed by atoms with Gasteiger partial charge in [0.25, 0.3) is 0 Å². The van der Waals surface area contributed by atoms with Crippen molar-refractivity contribution in [1.82, 2.24) is 16.0 Å². The van der Waals surface area contributed by atoms with E-state index < -0.39 is 36.1 Å². The van der Waals surface area contributed by atoms with Crippen molar-refractivity contribution < 1.29 is 28.7 Å². The average Bonchev–Trinajstić information content (AvgIpc) is 2.93. The second-order valence-electron chi connectivity index (χ2n) is 9.02. The van der Waals surface area contributed by atoms with Gasteiger partial charge in [-0.15, -0.1) is 0 Å². The lowest BCUT2D eigenvalue weighted by atomic mass is 9.98. The molecule has 0 fully saturated rings. The van der Waals surface area contributed by atoms with Crippen molar-refractivity contribution in [1.29, 1.82) is 0 Å². The molecule has 10 nitrogen and oxygen atoms in total. The Morgan fingerprint density at radius 3 is 1.89 bits per heavy atom. The van der Waals surface area contributed by atoms with Gasteiger partial charge in [0.05, 0.1) is 0 Å². The summed E-state index contributed by atoms with van der Waals surface area (Å²) in [6.07, 6.45) is 0.645. The van der Waals surface area contributed by atoms with Crippen LogP contribution in [0.2, 0.25) is 0 Å². The molecular weight excluding hydrogens is 488 g/mol. The number of rotatable bonds is 15. The SMILES string of the molecule is CC[C@@H](C)[C@H](NC(=O)[C@H](CCCCNC(=O)OCc1ccccc1)NC(=O)OCc1ccccc1)C(N)=O. The number of carbonyl (C=O) groups excluding carboxylic acids is 4. The molecule has 0 aromatic heterocycles. The monoisotopic (exact) mass is 526 g/mol. The fourth-order valence-electron chi connectivity index (χ4n) is 3.60. The second-order valence-corrected chi connectivity index (χ2v) is 9.02. The number of unbranched alkanes of at least 4 members (excludes halogenated alkanes) is 1. The third-order valence-corrected chi connectivity index (χ3v) is 6.04. The average molecular weight is 527 g/mol. The molecule has 206 valence electrons. The summed E-state index contributed by atoms with van der Waals surface area (Å²) >= 11 is 0. The third-order valence-electron chi connectivity index (χ3n) is 6.04. The molecule has 0 aliphatic carbocycles. The third kappa shape index (κ3) is 11.3. The molecule has 2 aromatic carbocycles. The van der Waals surface area contributed by atoms with Crippen LogP contribution < -0.4 is 21.7 Å². The number of hydrogen-bond acceptors (Lipinski definition) is 6. The Labute approximate surface area is 223 Å². The maximum atomic E-state index is 13.0. The number of primary amides is 1. The summed E-state index contributed by atoms with van der Waals surface area (Å²) in [7, 11) is 0. The summed E-state index contributed by atoms with van der Waals surface area (Å²) in [6.45, 7) is 4.25. The van der Waals surface area contributed by atoms with Crippen molar-refractivity contribution in [3.8, 4) is 0 Å². The Bertz CT molecular complexity index is 1020. The molecule has 4 amide bonds. The van der Waals surface area contributed by atoms with Crippen LogP contribution in [0.1, 0.15) is 50.7 Å². The van der Waals surface area contributed by atoms with Crippen LogP contribution in [0.15, 0.2) is 60.7 Å². The van der Waals surface area contributed by atoms with Crippen molar-refractivity contribution in [2.24, 2.45) is 11.7 Å². The number of nitrogens with two attached hydrogens (primary N) is 1. The molecule has 0 heterocycles. The number of amides is 4. The van der Waals surface area contributed by atoms with E-state index in [1.54, 1.807) is 0 Å². The minimum Gasteiger partial charge on any atom is -0.445 e. The summed E-state index contributed by atoms with van der Waals surface area (Å²) in [5.74, 6) is -1.34. The molecule has 3 atom stereocenters. The molecule has 0 aliphatic heterocycles. The van der Waals surface area contributed by atoms with Gasteiger partial charge in [0.2, 0.25) is 11.8 Å². The largest absolute Gasteiger partial charge is 0.445 e. The maximum Gasteiger partial charge on any atom is 0.408 e. The van der Waals surface area contributed by atoms with E-state index in [4.69, 9.17) is 15.2 Å². The van der Waals surface area contributed by atoms with Crippen LogP contribution in [0.4, 0.5) is 9.59 Å². The zero-order chi connectivity index (χ0) is 27.8. The summed E-state index contributed by atoms with van der Waals surface area (Å²) < 4.78 is 10.4. The van der Waals surface area contributed by atoms with Crippen LogP contribution in [0.3, 0.4) is 0 Å². The van der Waals surface area contributed by atoms with Gasteiger partial charge in [0, 0.05) is 6.54 Å². The molecule has 0 spiro atoms. The second kappa shape index (κ2) is 16.6. The highest BCUT2D eigenvalue weighted by Crippen LogP contribution is 2.10. The topological polar surface area (TPSA) is 149 Å². The van der Waals surface area contributed by atoms with Crippen LogP contribution in [-0.2, 0) is 32.3 Å². The standard InChI is InChI=1S/C28H38N4O6/c1-3-20(2)24(25(29)33)32-26(34)23(31-28(36)38-19-22-14-8-5-9-15-22)16-10-11-17-30-27(35)37-18-21-12-6-4-7-13-21/h4-9,12-15,20,23-24H,3,10-11,16-19H2,1-2H3,(H2,29,33)(H,30,35)(H,31,36)(H,32,34)/t20-,23+,24+/m1/s1. The Morgan fingerprint density at radius 2 is 1.37 bits per heavy atom. The zero-order valence-corrected chi connectivity index (χ0v) is 22.0. The highest BCUT2D eigenvalue weighted by Gasteiger charge is 2.28. The highest BCUT2D eigenvalue weighted by atomic mass is 16.6. The quantitative estimate of drug-likeness (QED) is 0.261. The normalized spacial score (nSPS) is 12.9. The minimum atomic E-state index is -0.950. The van der Waals surface area contributed by atoms with Crippen LogP contribution in [0.25, 0.3) is 0 Å². The van der Waals surface area contributed by atoms with Crippen molar-refractivity contribution >= 4 is 24.0 Å². The molecule has 0 saturated heterocycles. The Morgan fingerprint density at radius 1 is 0.816 bits per heavy atom. The Hall–Kier alpha value is -4.08. The first-order valence-corrected chi connectivity index (χ1v) is 12.8. The van der Waals surface area contributed by atoms with Crippen LogP contribution in [-0.4, -0.2) is 42.6 Å². The first-order chi connectivity index (χ1) is 18.3. The molecule has 38 heavy (non-hydrogen) atoms. The van der Waals surface area contributed by atoms with Gasteiger partial charge >= 0.3 is 12.2 Å². The van der Waals surface area contributed by atoms with Gasteiger partial charge in [-0.2, -0.15) is 0 Å². The van der Waals surface area contributed by atoms with Crippen molar-refractivity contribution in [3.63, 3.8) is 0 Å². The number of nitrogens with one attached hydrogen (secondary N) is 3. The van der Waals surface area contributed by atoms with Crippen LogP contribution in [0, 0.1) is 5.92 Å². The van der Waals surface area contributed by atoms with E-state index in [-0.39, 0.29) is 25.6 Å². The lowest BCUT2D eigenvalue weighted by Crippen LogP contribution is -2.55. The van der Waals surface area contributed by atoms with Gasteiger partial charge in [-0.3, -0.25) is 9.59 Å². The summed E-state index contributed by atoms with van der Waals surface area (Å²) in [5, 5.41) is 7.92. The van der Waals surface area contributed by atoms with Gasteiger partial charge < -0.3 is 31.2 Å². The summed E-state index contributed by atoms with van der Waals surface area (Å²) in [5.41, 5.74) is 7.17. The molecule has 10 heteroatoms. The van der Waals surface area contributed by atoms with E-state index in [2.05, 4.69) is 16.0 Å². The van der Waals surface area contributed by atoms with Crippen LogP contribution >= 0.6 is 0 Å². The minimum absolute atomic E-state index is 0.0484. The van der Waals surface area contributed by atoms with E-state index >= 15 is 0 Å². The molecule has 0 unspecified atom stereocenters. The fourth-order valence-corrected chi connectivity index (χ4v) is 3.60. The van der Waals surface area contributed by atoms with Gasteiger partial charge in [-0.25, -0.2) is 9.59 Å². The van der Waals surface area contributed by atoms with Gasteiger partial charge in [-0.1, -0.05) is 80.9 Å². The van der Waals surface area contributed by atoms with E-state index in [9.17, 15) is 19.2 Å². The fraction of sp³-hybridized carbons (Fsp3) is 0.429. The molecule has 2 aromatic rings. The number of carbonyl (C=O) groups is 4. The predicted octanol–water partition coefficient (Wildman–Crippen LogP) is 3.39. The smallest absolute Gasteiger partial charge is 0.408 e. The maximum absolute atomic E-state index is 13.0. The number of benzene rings is 2. The lowest BCUT2D eigenvalue weighted by molar-refractivity contribution is -0.129. The summed E-state index contributed by atoms with van der Waals surface area (Å²) in [6, 6.07) is 16.7. The van der Waals surface area contributed by atoms with Crippen molar-refractivity contribution in [3.05, 3.63) is 71.8 Å². The molecule has 0 bridgehead atoms. The van der Waals surface area contributed by atoms with Crippen molar-refractivity contribution in [2.45, 2.75) is 64.8 Å². The predicted molar refractivity (Wildman–Crippen MR) is 143 cm³/mol. The van der Waals surface area contributed by atoms with E-state index in [0.29, 0.717) is 25.8 Å². The van der Waals surface area contributed by atoms with Gasteiger partial charge in [0.1, 0.15) is 25.3 Å².